The molecular formula is C12H13ClN4. The predicted octanol–water partition coefficient (Wildman–Crippen LogP) is 2.68. The molecular weight excluding hydrogens is 236 g/mol. The summed E-state index contributed by atoms with van der Waals surface area (Å²) in [5.74, 6) is 3.37. The van der Waals surface area contributed by atoms with E-state index < -0.39 is 0 Å². The van der Waals surface area contributed by atoms with Gasteiger partial charge in [-0.2, -0.15) is 0 Å². The Balaban J connectivity index is 1.77. The lowest BCUT2D eigenvalue weighted by atomic mass is 10.0. The second-order valence-corrected chi connectivity index (χ2v) is 5.52. The zero-order valence-electron chi connectivity index (χ0n) is 9.38. The molecule has 0 N–H and O–H groups in total. The van der Waals surface area contributed by atoms with Gasteiger partial charge in [0.25, 0.3) is 0 Å². The minimum absolute atomic E-state index is 0.477. The number of hydrogen-bond donors (Lipinski definition) is 0. The van der Waals surface area contributed by atoms with Crippen molar-refractivity contribution in [3.63, 3.8) is 0 Å². The van der Waals surface area contributed by atoms with Gasteiger partial charge in [0.2, 0.25) is 0 Å². The van der Waals surface area contributed by atoms with Gasteiger partial charge in [0.05, 0.1) is 0 Å². The molecule has 2 atom stereocenters. The molecule has 2 fully saturated rings. The second kappa shape index (κ2) is 3.42. The van der Waals surface area contributed by atoms with Gasteiger partial charge in [-0.1, -0.05) is 24.4 Å². The fourth-order valence-corrected chi connectivity index (χ4v) is 3.53. The summed E-state index contributed by atoms with van der Waals surface area (Å²) in [7, 11) is 0. The van der Waals surface area contributed by atoms with Gasteiger partial charge in [0.15, 0.2) is 5.65 Å². The highest BCUT2D eigenvalue weighted by molar-refractivity contribution is 6.29. The molecule has 88 valence electrons. The van der Waals surface area contributed by atoms with Crippen LogP contribution in [0.15, 0.2) is 12.4 Å². The molecule has 17 heavy (non-hydrogen) atoms. The van der Waals surface area contributed by atoms with Crippen LogP contribution in [0, 0.1) is 11.8 Å². The van der Waals surface area contributed by atoms with Crippen molar-refractivity contribution in [1.29, 1.82) is 0 Å². The van der Waals surface area contributed by atoms with Crippen molar-refractivity contribution in [2.45, 2.75) is 31.6 Å². The number of nitrogens with zero attached hydrogens (tertiary/aromatic N) is 4. The van der Waals surface area contributed by atoms with E-state index in [2.05, 4.69) is 15.2 Å². The zero-order valence-corrected chi connectivity index (χ0v) is 10.1. The summed E-state index contributed by atoms with van der Waals surface area (Å²) < 4.78 is 1.99. The maximum Gasteiger partial charge on any atom is 0.165 e. The van der Waals surface area contributed by atoms with E-state index in [0.29, 0.717) is 11.1 Å². The summed E-state index contributed by atoms with van der Waals surface area (Å²) in [5.41, 5.74) is 0.809. The van der Waals surface area contributed by atoms with Crippen LogP contribution in [0.5, 0.6) is 0 Å². The molecule has 2 unspecified atom stereocenters. The molecule has 2 heterocycles. The molecule has 2 aliphatic rings. The van der Waals surface area contributed by atoms with E-state index in [4.69, 9.17) is 11.6 Å². The maximum absolute atomic E-state index is 5.85. The van der Waals surface area contributed by atoms with E-state index in [1.165, 1.54) is 25.7 Å². The van der Waals surface area contributed by atoms with E-state index in [0.717, 1.165) is 23.3 Å². The third kappa shape index (κ3) is 1.40. The third-order valence-electron chi connectivity index (χ3n) is 4.25. The van der Waals surface area contributed by atoms with Gasteiger partial charge < -0.3 is 0 Å². The number of rotatable bonds is 1. The highest BCUT2D eigenvalue weighted by Crippen LogP contribution is 2.60. The van der Waals surface area contributed by atoms with Crippen LogP contribution in [0.2, 0.25) is 5.15 Å². The highest BCUT2D eigenvalue weighted by atomic mass is 35.5. The summed E-state index contributed by atoms with van der Waals surface area (Å²) in [6, 6.07) is 1.77. The molecule has 0 bridgehead atoms. The minimum atomic E-state index is 0.477. The summed E-state index contributed by atoms with van der Waals surface area (Å²) in [5, 5.41) is 9.00. The number of aromatic nitrogens is 4. The number of halogens is 1. The fraction of sp³-hybridized carbons (Fsp3) is 0.583. The zero-order chi connectivity index (χ0) is 11.4. The Morgan fingerprint density at radius 2 is 1.94 bits per heavy atom. The smallest absolute Gasteiger partial charge is 0.165 e. The molecule has 4 rings (SSSR count). The van der Waals surface area contributed by atoms with Crippen molar-refractivity contribution in [3.05, 3.63) is 23.4 Å². The van der Waals surface area contributed by atoms with E-state index in [1.807, 2.05) is 4.40 Å². The molecule has 0 saturated heterocycles. The largest absolute Gasteiger partial charge is 0.269 e. The molecule has 2 saturated carbocycles. The first-order valence-corrected chi connectivity index (χ1v) is 6.58. The Morgan fingerprint density at radius 1 is 1.18 bits per heavy atom. The molecule has 0 spiro atoms. The van der Waals surface area contributed by atoms with Gasteiger partial charge >= 0.3 is 0 Å². The Bertz CT molecular complexity index is 567. The SMILES string of the molecule is Clc1cc2nnc(C3C4CCCCC43)n2cn1. The van der Waals surface area contributed by atoms with Crippen molar-refractivity contribution >= 4 is 17.2 Å². The van der Waals surface area contributed by atoms with Crippen LogP contribution >= 0.6 is 11.6 Å². The van der Waals surface area contributed by atoms with Crippen LogP contribution in [0.3, 0.4) is 0 Å². The molecule has 0 aromatic carbocycles. The monoisotopic (exact) mass is 248 g/mol. The van der Waals surface area contributed by atoms with E-state index in [1.54, 1.807) is 12.4 Å². The van der Waals surface area contributed by atoms with E-state index >= 15 is 0 Å². The Morgan fingerprint density at radius 3 is 2.71 bits per heavy atom. The lowest BCUT2D eigenvalue weighted by Crippen LogP contribution is -1.95. The first-order valence-electron chi connectivity index (χ1n) is 6.21. The van der Waals surface area contributed by atoms with Gasteiger partial charge in [0.1, 0.15) is 17.3 Å². The molecule has 2 aliphatic carbocycles. The highest BCUT2D eigenvalue weighted by Gasteiger charge is 2.53. The van der Waals surface area contributed by atoms with Gasteiger partial charge in [-0.25, -0.2) is 4.98 Å². The number of fused-ring (bicyclic) bond motifs is 2. The summed E-state index contributed by atoms with van der Waals surface area (Å²) in [4.78, 5) is 4.12. The van der Waals surface area contributed by atoms with Crippen LogP contribution in [0.1, 0.15) is 37.4 Å². The summed E-state index contributed by atoms with van der Waals surface area (Å²) in [6.07, 6.45) is 7.20. The molecule has 2 aromatic heterocycles. The molecule has 2 aromatic rings. The standard InChI is InChI=1S/C12H13ClN4/c13-9-5-10-15-16-12(17(10)6-14-9)11-7-3-1-2-4-8(7)11/h5-8,11H,1-4H2. The molecule has 5 heteroatoms. The lowest BCUT2D eigenvalue weighted by Gasteiger charge is -2.04. The normalized spacial score (nSPS) is 31.5. The van der Waals surface area contributed by atoms with Gasteiger partial charge in [-0.05, 0) is 24.7 Å². The van der Waals surface area contributed by atoms with Crippen molar-refractivity contribution in [2.24, 2.45) is 11.8 Å². The first kappa shape index (κ1) is 9.83. The Hall–Kier alpha value is -1.16. The molecule has 0 radical (unpaired) electrons. The summed E-state index contributed by atoms with van der Waals surface area (Å²) in [6.45, 7) is 0. The van der Waals surface area contributed by atoms with Gasteiger partial charge in [-0.15, -0.1) is 10.2 Å². The molecule has 4 nitrogen and oxygen atoms in total. The predicted molar refractivity (Wildman–Crippen MR) is 64.0 cm³/mol. The van der Waals surface area contributed by atoms with Crippen LogP contribution in [-0.2, 0) is 0 Å². The summed E-state index contributed by atoms with van der Waals surface area (Å²) >= 11 is 5.85. The van der Waals surface area contributed by atoms with Crippen molar-refractivity contribution in [3.8, 4) is 0 Å². The van der Waals surface area contributed by atoms with Gasteiger partial charge in [-0.3, -0.25) is 4.40 Å². The van der Waals surface area contributed by atoms with E-state index in [-0.39, 0.29) is 0 Å². The second-order valence-electron chi connectivity index (χ2n) is 5.14. The van der Waals surface area contributed by atoms with Crippen LogP contribution in [-0.4, -0.2) is 19.6 Å². The topological polar surface area (TPSA) is 43.1 Å². The quantitative estimate of drug-likeness (QED) is 0.729. The number of hydrogen-bond acceptors (Lipinski definition) is 3. The van der Waals surface area contributed by atoms with Crippen molar-refractivity contribution in [1.82, 2.24) is 19.6 Å². The van der Waals surface area contributed by atoms with Crippen molar-refractivity contribution in [2.75, 3.05) is 0 Å². The minimum Gasteiger partial charge on any atom is -0.269 e. The Kier molecular flexibility index (Phi) is 1.98. The average molecular weight is 249 g/mol. The molecule has 0 aliphatic heterocycles. The Labute approximate surface area is 104 Å². The third-order valence-corrected chi connectivity index (χ3v) is 4.45. The average Bonchev–Trinajstić information content (AvgIpc) is 2.93. The van der Waals surface area contributed by atoms with Crippen LogP contribution < -0.4 is 0 Å². The lowest BCUT2D eigenvalue weighted by molar-refractivity contribution is 0.480. The van der Waals surface area contributed by atoms with Crippen LogP contribution in [0.4, 0.5) is 0 Å². The van der Waals surface area contributed by atoms with Gasteiger partial charge in [0, 0.05) is 12.0 Å². The fourth-order valence-electron chi connectivity index (χ4n) is 3.39. The van der Waals surface area contributed by atoms with Crippen molar-refractivity contribution < 1.29 is 0 Å². The van der Waals surface area contributed by atoms with Crippen LogP contribution in [0.25, 0.3) is 5.65 Å². The molecule has 0 amide bonds. The van der Waals surface area contributed by atoms with E-state index in [9.17, 15) is 0 Å². The first-order chi connectivity index (χ1) is 8.34. The maximum atomic E-state index is 5.85.